The monoisotopic (exact) mass is 384 g/mol. The number of methoxy groups -OCH3 is 2. The molecular formula is C18H15F3O6. The second-order valence-corrected chi connectivity index (χ2v) is 4.94. The fourth-order valence-electron chi connectivity index (χ4n) is 1.78. The molecular weight excluding hydrogens is 369 g/mol. The van der Waals surface area contributed by atoms with Gasteiger partial charge in [-0.05, 0) is 48.5 Å². The molecule has 0 amide bonds. The highest BCUT2D eigenvalue weighted by atomic mass is 19.4. The molecule has 1 N–H and O–H groups in total. The Balaban J connectivity index is 0.000000271. The molecule has 0 aliphatic carbocycles. The first-order chi connectivity index (χ1) is 12.6. The van der Waals surface area contributed by atoms with E-state index in [2.05, 4.69) is 9.47 Å². The minimum absolute atomic E-state index is 0.0977. The Labute approximate surface area is 152 Å². The van der Waals surface area contributed by atoms with Gasteiger partial charge in [0.25, 0.3) is 0 Å². The largest absolute Gasteiger partial charge is 0.478 e. The predicted molar refractivity (Wildman–Crippen MR) is 87.5 cm³/mol. The van der Waals surface area contributed by atoms with Gasteiger partial charge in [0.15, 0.2) is 0 Å². The number of halogens is 3. The van der Waals surface area contributed by atoms with Crippen molar-refractivity contribution >= 4 is 17.9 Å². The van der Waals surface area contributed by atoms with Crippen LogP contribution in [0.4, 0.5) is 13.2 Å². The van der Waals surface area contributed by atoms with Gasteiger partial charge in [0.1, 0.15) is 0 Å². The molecule has 0 bridgehead atoms. The summed E-state index contributed by atoms with van der Waals surface area (Å²) in [6.45, 7) is 0. The van der Waals surface area contributed by atoms with Gasteiger partial charge in [-0.25, -0.2) is 14.4 Å². The molecule has 6 nitrogen and oxygen atoms in total. The molecule has 0 spiro atoms. The smallest absolute Gasteiger partial charge is 0.416 e. The molecule has 0 aromatic heterocycles. The normalized spacial score (nSPS) is 10.3. The molecule has 27 heavy (non-hydrogen) atoms. The summed E-state index contributed by atoms with van der Waals surface area (Å²) in [6, 6.07) is 9.37. The van der Waals surface area contributed by atoms with Gasteiger partial charge in [-0.1, -0.05) is 0 Å². The molecule has 0 aliphatic rings. The van der Waals surface area contributed by atoms with Gasteiger partial charge in [0, 0.05) is 0 Å². The number of carbonyl (C=O) groups is 3. The van der Waals surface area contributed by atoms with E-state index in [9.17, 15) is 27.6 Å². The van der Waals surface area contributed by atoms with E-state index >= 15 is 0 Å². The van der Waals surface area contributed by atoms with Crippen LogP contribution in [0.5, 0.6) is 0 Å². The Morgan fingerprint density at radius 1 is 0.741 bits per heavy atom. The first-order valence-electron chi connectivity index (χ1n) is 7.27. The lowest BCUT2D eigenvalue weighted by atomic mass is 10.1. The van der Waals surface area contributed by atoms with Crippen molar-refractivity contribution in [3.8, 4) is 0 Å². The molecule has 9 heteroatoms. The maximum atomic E-state index is 12.1. The van der Waals surface area contributed by atoms with Crippen LogP contribution in [0.25, 0.3) is 0 Å². The Hall–Kier alpha value is -3.36. The molecule has 0 heterocycles. The van der Waals surface area contributed by atoms with Crippen molar-refractivity contribution in [1.29, 1.82) is 0 Å². The highest BCUT2D eigenvalue weighted by Gasteiger charge is 2.30. The summed E-state index contributed by atoms with van der Waals surface area (Å²) < 4.78 is 45.1. The van der Waals surface area contributed by atoms with Crippen LogP contribution in [0.2, 0.25) is 0 Å². The van der Waals surface area contributed by atoms with Gasteiger partial charge < -0.3 is 14.6 Å². The third kappa shape index (κ3) is 6.46. The fraction of sp³-hybridized carbons (Fsp3) is 0.167. The third-order valence-corrected chi connectivity index (χ3v) is 3.19. The topological polar surface area (TPSA) is 89.9 Å². The number of alkyl halides is 3. The number of rotatable bonds is 3. The summed E-state index contributed by atoms with van der Waals surface area (Å²) in [6.07, 6.45) is -4.38. The molecule has 0 fully saturated rings. The van der Waals surface area contributed by atoms with Crippen molar-refractivity contribution in [2.45, 2.75) is 6.18 Å². The Morgan fingerprint density at radius 2 is 1.07 bits per heavy atom. The van der Waals surface area contributed by atoms with E-state index in [1.54, 1.807) is 0 Å². The lowest BCUT2D eigenvalue weighted by molar-refractivity contribution is -0.137. The quantitative estimate of drug-likeness (QED) is 0.813. The van der Waals surface area contributed by atoms with Crippen LogP contribution in [-0.2, 0) is 15.7 Å². The van der Waals surface area contributed by atoms with E-state index in [4.69, 9.17) is 5.11 Å². The maximum Gasteiger partial charge on any atom is 0.416 e. The number of benzene rings is 2. The predicted octanol–water partition coefficient (Wildman–Crippen LogP) is 3.66. The molecule has 144 valence electrons. The van der Waals surface area contributed by atoms with Crippen LogP contribution in [-0.4, -0.2) is 37.2 Å². The molecule has 0 aliphatic heterocycles. The van der Waals surface area contributed by atoms with Crippen molar-refractivity contribution in [1.82, 2.24) is 0 Å². The summed E-state index contributed by atoms with van der Waals surface area (Å²) in [5, 5.41) is 8.56. The lowest BCUT2D eigenvalue weighted by Crippen LogP contribution is -2.06. The van der Waals surface area contributed by atoms with Crippen LogP contribution in [0, 0.1) is 0 Å². The molecule has 0 atom stereocenters. The molecule has 2 rings (SSSR count). The minimum atomic E-state index is -4.38. The summed E-state index contributed by atoms with van der Waals surface area (Å²) in [7, 11) is 2.44. The molecule has 0 unspecified atom stereocenters. The maximum absolute atomic E-state index is 12.1. The standard InChI is InChI=1S/C9H7F3O2.C9H8O4/c1-14-8(13)6-2-4-7(5-3-6)9(10,11)12;1-13-9(12)7-4-2-6(3-5-7)8(10)11/h2-5H,1H3;2-5H,1H3,(H,10,11). The van der Waals surface area contributed by atoms with Crippen LogP contribution in [0.3, 0.4) is 0 Å². The first-order valence-corrected chi connectivity index (χ1v) is 7.27. The van der Waals surface area contributed by atoms with Crippen LogP contribution >= 0.6 is 0 Å². The molecule has 0 saturated heterocycles. The van der Waals surface area contributed by atoms with Crippen LogP contribution in [0.15, 0.2) is 48.5 Å². The molecule has 2 aromatic rings. The second kappa shape index (κ2) is 9.37. The molecule has 0 saturated carbocycles. The summed E-state index contributed by atoms with van der Waals surface area (Å²) in [5.41, 5.74) is -0.203. The average Bonchev–Trinajstić information content (AvgIpc) is 2.66. The SMILES string of the molecule is COC(=O)c1ccc(C(=O)O)cc1.COC(=O)c1ccc(C(F)(F)F)cc1. The van der Waals surface area contributed by atoms with E-state index in [1.165, 1.54) is 38.5 Å². The lowest BCUT2D eigenvalue weighted by Gasteiger charge is -2.06. The Bertz CT molecular complexity index is 795. The van der Waals surface area contributed by atoms with Gasteiger partial charge in [-0.15, -0.1) is 0 Å². The van der Waals surface area contributed by atoms with Crippen molar-refractivity contribution in [3.05, 3.63) is 70.8 Å². The van der Waals surface area contributed by atoms with Gasteiger partial charge in [-0.2, -0.15) is 13.2 Å². The molecule has 0 radical (unpaired) electrons. The number of carbonyl (C=O) groups excluding carboxylic acids is 2. The number of hydrogen-bond acceptors (Lipinski definition) is 5. The number of hydrogen-bond donors (Lipinski definition) is 1. The number of ether oxygens (including phenoxy) is 2. The van der Waals surface area contributed by atoms with Crippen LogP contribution in [0.1, 0.15) is 36.6 Å². The van der Waals surface area contributed by atoms with E-state index in [0.717, 1.165) is 24.3 Å². The number of aromatic carboxylic acids is 1. The van der Waals surface area contributed by atoms with Gasteiger partial charge in [0.05, 0.1) is 36.5 Å². The number of esters is 2. The number of carboxylic acid groups (broad SMARTS) is 1. The fourth-order valence-corrected chi connectivity index (χ4v) is 1.78. The van der Waals surface area contributed by atoms with Crippen LogP contribution < -0.4 is 0 Å². The van der Waals surface area contributed by atoms with E-state index in [0.29, 0.717) is 5.56 Å². The van der Waals surface area contributed by atoms with Crippen molar-refractivity contribution in [3.63, 3.8) is 0 Å². The average molecular weight is 384 g/mol. The Morgan fingerprint density at radius 3 is 1.37 bits per heavy atom. The van der Waals surface area contributed by atoms with Gasteiger partial charge in [-0.3, -0.25) is 0 Å². The Kier molecular flexibility index (Phi) is 7.52. The van der Waals surface area contributed by atoms with E-state index in [1.807, 2.05) is 0 Å². The van der Waals surface area contributed by atoms with Gasteiger partial charge >= 0.3 is 24.1 Å². The van der Waals surface area contributed by atoms with Gasteiger partial charge in [0.2, 0.25) is 0 Å². The summed E-state index contributed by atoms with van der Waals surface area (Å²) in [5.74, 6) is -2.15. The van der Waals surface area contributed by atoms with E-state index in [-0.39, 0.29) is 11.1 Å². The third-order valence-electron chi connectivity index (χ3n) is 3.19. The van der Waals surface area contributed by atoms with Crippen molar-refractivity contribution in [2.75, 3.05) is 14.2 Å². The number of carboxylic acids is 1. The highest BCUT2D eigenvalue weighted by molar-refractivity contribution is 5.92. The zero-order chi connectivity index (χ0) is 20.6. The van der Waals surface area contributed by atoms with E-state index < -0.39 is 29.6 Å². The zero-order valence-electron chi connectivity index (χ0n) is 14.2. The summed E-state index contributed by atoms with van der Waals surface area (Å²) in [4.78, 5) is 32.2. The highest BCUT2D eigenvalue weighted by Crippen LogP contribution is 2.29. The first kappa shape index (κ1) is 21.7. The van der Waals surface area contributed by atoms with Crippen molar-refractivity contribution < 1.29 is 42.1 Å². The zero-order valence-corrected chi connectivity index (χ0v) is 14.2. The van der Waals surface area contributed by atoms with Crippen molar-refractivity contribution in [2.24, 2.45) is 0 Å². The summed E-state index contributed by atoms with van der Waals surface area (Å²) >= 11 is 0. The second-order valence-electron chi connectivity index (χ2n) is 4.94. The molecule has 2 aromatic carbocycles. The minimum Gasteiger partial charge on any atom is -0.478 e.